The molecule has 0 aromatic carbocycles. The molecule has 0 saturated carbocycles. The van der Waals surface area contributed by atoms with E-state index in [0.717, 1.165) is 28.3 Å². The van der Waals surface area contributed by atoms with Crippen molar-refractivity contribution < 1.29 is 4.74 Å². The molecule has 3 heterocycles. The number of imidazole rings is 1. The minimum Gasteiger partial charge on any atom is -0.489 e. The van der Waals surface area contributed by atoms with Gasteiger partial charge in [-0.2, -0.15) is 0 Å². The third-order valence-corrected chi connectivity index (χ3v) is 3.04. The number of ether oxygens (including phenoxy) is 1. The van der Waals surface area contributed by atoms with Gasteiger partial charge in [-0.1, -0.05) is 0 Å². The largest absolute Gasteiger partial charge is 0.489 e. The molecule has 15 heavy (non-hydrogen) atoms. The van der Waals surface area contributed by atoms with E-state index in [-0.39, 0.29) is 0 Å². The van der Waals surface area contributed by atoms with Crippen molar-refractivity contribution in [2.75, 3.05) is 6.61 Å². The zero-order valence-corrected chi connectivity index (χ0v) is 9.44. The second-order valence-corrected chi connectivity index (χ2v) is 4.09. The average molecular weight is 266 g/mol. The van der Waals surface area contributed by atoms with Crippen molar-refractivity contribution in [2.24, 2.45) is 0 Å². The summed E-state index contributed by atoms with van der Waals surface area (Å²) in [6.45, 7) is 1.44. The third-order valence-electron chi connectivity index (χ3n) is 2.40. The lowest BCUT2D eigenvalue weighted by molar-refractivity contribution is 0.304. The molecule has 1 aliphatic heterocycles. The molecule has 1 aliphatic rings. The minimum absolute atomic E-state index is 0.640. The van der Waals surface area contributed by atoms with Gasteiger partial charge in [0.15, 0.2) is 0 Å². The highest BCUT2D eigenvalue weighted by molar-refractivity contribution is 9.10. The molecule has 4 nitrogen and oxygen atoms in total. The Morgan fingerprint density at radius 1 is 1.40 bits per heavy atom. The van der Waals surface area contributed by atoms with Gasteiger partial charge in [0.2, 0.25) is 0 Å². The van der Waals surface area contributed by atoms with Crippen molar-refractivity contribution in [3.05, 3.63) is 29.3 Å². The summed E-state index contributed by atoms with van der Waals surface area (Å²) in [5.41, 5.74) is 0.994. The van der Waals surface area contributed by atoms with E-state index < -0.39 is 0 Å². The molecule has 2 aromatic rings. The van der Waals surface area contributed by atoms with Gasteiger partial charge in [-0.05, 0) is 22.0 Å². The molecule has 0 aliphatic carbocycles. The van der Waals surface area contributed by atoms with Gasteiger partial charge in [-0.15, -0.1) is 0 Å². The zero-order valence-electron chi connectivity index (χ0n) is 7.85. The first kappa shape index (κ1) is 8.91. The molecule has 0 bridgehead atoms. The first-order valence-electron chi connectivity index (χ1n) is 4.64. The summed E-state index contributed by atoms with van der Waals surface area (Å²) < 4.78 is 8.67. The number of nitrogens with zero attached hydrogens (tertiary/aromatic N) is 3. The van der Waals surface area contributed by atoms with Crippen molar-refractivity contribution in [1.29, 1.82) is 0 Å². The Balaban J connectivity index is 2.27. The summed E-state index contributed by atoms with van der Waals surface area (Å²) in [7, 11) is 0. The smallest absolute Gasteiger partial charge is 0.148 e. The lowest BCUT2D eigenvalue weighted by Gasteiger charge is -2.03. The van der Waals surface area contributed by atoms with Crippen LogP contribution in [0.4, 0.5) is 0 Å². The Morgan fingerprint density at radius 3 is 3.27 bits per heavy atom. The summed E-state index contributed by atoms with van der Waals surface area (Å²) >= 11 is 3.47. The van der Waals surface area contributed by atoms with Crippen molar-refractivity contribution in [3.8, 4) is 17.1 Å². The first-order valence-corrected chi connectivity index (χ1v) is 5.44. The number of aromatic nitrogens is 3. The molecule has 76 valence electrons. The van der Waals surface area contributed by atoms with Gasteiger partial charge in [0.1, 0.15) is 22.8 Å². The van der Waals surface area contributed by atoms with Crippen LogP contribution in [0.1, 0.15) is 0 Å². The van der Waals surface area contributed by atoms with E-state index in [1.165, 1.54) is 0 Å². The van der Waals surface area contributed by atoms with E-state index >= 15 is 0 Å². The lowest BCUT2D eigenvalue weighted by atomic mass is 10.2. The van der Waals surface area contributed by atoms with Crippen LogP contribution in [0.15, 0.2) is 29.3 Å². The number of fused-ring (bicyclic) bond motifs is 3. The van der Waals surface area contributed by atoms with Crippen LogP contribution in [0.2, 0.25) is 0 Å². The van der Waals surface area contributed by atoms with E-state index in [2.05, 4.69) is 30.5 Å². The summed E-state index contributed by atoms with van der Waals surface area (Å²) in [5.74, 6) is 1.73. The van der Waals surface area contributed by atoms with Crippen molar-refractivity contribution in [3.63, 3.8) is 0 Å². The molecule has 5 heteroatoms. The molecule has 3 rings (SSSR count). The number of halogens is 1. The van der Waals surface area contributed by atoms with Gasteiger partial charge >= 0.3 is 0 Å². The molecule has 0 radical (unpaired) electrons. The predicted octanol–water partition coefficient (Wildman–Crippen LogP) is 2.10. The fraction of sp³-hybridized carbons (Fsp3) is 0.200. The molecule has 0 amide bonds. The summed E-state index contributed by atoms with van der Waals surface area (Å²) in [6.07, 6.45) is 5.29. The topological polar surface area (TPSA) is 39.9 Å². The van der Waals surface area contributed by atoms with E-state index in [1.807, 2.05) is 12.3 Å². The van der Waals surface area contributed by atoms with Crippen LogP contribution in [0, 0.1) is 0 Å². The fourth-order valence-electron chi connectivity index (χ4n) is 1.71. The van der Waals surface area contributed by atoms with Crippen LogP contribution in [-0.4, -0.2) is 21.1 Å². The van der Waals surface area contributed by atoms with Crippen LogP contribution >= 0.6 is 15.9 Å². The SMILES string of the molecule is Brc1cnc2n1CCOc1cnccc1-2. The molecule has 0 N–H and O–H groups in total. The number of rotatable bonds is 0. The highest BCUT2D eigenvalue weighted by atomic mass is 79.9. The van der Waals surface area contributed by atoms with Gasteiger partial charge in [0.25, 0.3) is 0 Å². The third kappa shape index (κ3) is 1.34. The number of hydrogen-bond donors (Lipinski definition) is 0. The number of pyridine rings is 1. The van der Waals surface area contributed by atoms with E-state index in [9.17, 15) is 0 Å². The van der Waals surface area contributed by atoms with Crippen molar-refractivity contribution >= 4 is 15.9 Å². The van der Waals surface area contributed by atoms with E-state index in [1.54, 1.807) is 12.4 Å². The zero-order chi connectivity index (χ0) is 10.3. The highest BCUT2D eigenvalue weighted by Gasteiger charge is 2.17. The Hall–Kier alpha value is -1.36. The Morgan fingerprint density at radius 2 is 2.33 bits per heavy atom. The molecule has 0 saturated heterocycles. The van der Waals surface area contributed by atoms with E-state index in [0.29, 0.717) is 6.61 Å². The van der Waals surface area contributed by atoms with Crippen LogP contribution in [0.5, 0.6) is 5.75 Å². The van der Waals surface area contributed by atoms with Crippen molar-refractivity contribution in [2.45, 2.75) is 6.54 Å². The Kier molecular flexibility index (Phi) is 1.98. The number of hydrogen-bond acceptors (Lipinski definition) is 3. The quantitative estimate of drug-likeness (QED) is 0.733. The molecule has 0 unspecified atom stereocenters. The highest BCUT2D eigenvalue weighted by Crippen LogP contribution is 2.32. The maximum Gasteiger partial charge on any atom is 0.148 e. The standard InChI is InChI=1S/C10H8BrN3O/c11-9-6-13-10-7-1-2-12-5-8(7)15-4-3-14(9)10/h1-2,5-6H,3-4H2. The van der Waals surface area contributed by atoms with Crippen LogP contribution < -0.4 is 4.74 Å². The lowest BCUT2D eigenvalue weighted by Crippen LogP contribution is -2.05. The molecular weight excluding hydrogens is 258 g/mol. The predicted molar refractivity (Wildman–Crippen MR) is 58.7 cm³/mol. The van der Waals surface area contributed by atoms with Crippen LogP contribution in [-0.2, 0) is 6.54 Å². The first-order chi connectivity index (χ1) is 7.36. The Labute approximate surface area is 95.1 Å². The van der Waals surface area contributed by atoms with Crippen LogP contribution in [0.25, 0.3) is 11.4 Å². The second-order valence-electron chi connectivity index (χ2n) is 3.28. The fourth-order valence-corrected chi connectivity index (χ4v) is 2.16. The molecular formula is C10H8BrN3O. The molecule has 0 spiro atoms. The molecule has 2 aromatic heterocycles. The van der Waals surface area contributed by atoms with Gasteiger partial charge in [-0.25, -0.2) is 4.98 Å². The molecule has 0 fully saturated rings. The van der Waals surface area contributed by atoms with Gasteiger partial charge in [0, 0.05) is 6.20 Å². The van der Waals surface area contributed by atoms with Crippen molar-refractivity contribution in [1.82, 2.24) is 14.5 Å². The maximum absolute atomic E-state index is 5.60. The maximum atomic E-state index is 5.60. The van der Waals surface area contributed by atoms with Gasteiger partial charge in [0.05, 0.1) is 24.5 Å². The second kappa shape index (κ2) is 3.34. The van der Waals surface area contributed by atoms with Crippen LogP contribution in [0.3, 0.4) is 0 Å². The van der Waals surface area contributed by atoms with E-state index in [4.69, 9.17) is 4.74 Å². The minimum atomic E-state index is 0.640. The molecule has 0 atom stereocenters. The average Bonchev–Trinajstić information content (AvgIpc) is 2.53. The normalized spacial score (nSPS) is 13.7. The summed E-state index contributed by atoms with van der Waals surface area (Å²) in [6, 6.07) is 1.92. The Bertz CT molecular complexity index is 509. The summed E-state index contributed by atoms with van der Waals surface area (Å²) in [5, 5.41) is 0. The van der Waals surface area contributed by atoms with Gasteiger partial charge in [-0.3, -0.25) is 4.98 Å². The van der Waals surface area contributed by atoms with Gasteiger partial charge < -0.3 is 9.30 Å². The monoisotopic (exact) mass is 265 g/mol. The summed E-state index contributed by atoms with van der Waals surface area (Å²) in [4.78, 5) is 8.41.